The zero-order valence-electron chi connectivity index (χ0n) is 17.7. The molecule has 1 aliphatic carbocycles. The smallest absolute Gasteiger partial charge is 0.323 e. The Morgan fingerprint density at radius 1 is 1.07 bits per heavy atom. The van der Waals surface area contributed by atoms with Crippen molar-refractivity contribution in [1.82, 2.24) is 0 Å². The van der Waals surface area contributed by atoms with Gasteiger partial charge in [0.1, 0.15) is 0 Å². The molecule has 0 amide bonds. The molecule has 0 spiro atoms. The van der Waals surface area contributed by atoms with Crippen molar-refractivity contribution in [2.75, 3.05) is 33.2 Å². The van der Waals surface area contributed by atoms with Crippen molar-refractivity contribution >= 4 is 30.9 Å². The van der Waals surface area contributed by atoms with E-state index in [0.29, 0.717) is 18.8 Å². The van der Waals surface area contributed by atoms with E-state index in [0.717, 1.165) is 6.04 Å². The van der Waals surface area contributed by atoms with Gasteiger partial charge in [0.05, 0.1) is 22.3 Å². The minimum Gasteiger partial charge on any atom is -0.468 e. The van der Waals surface area contributed by atoms with Gasteiger partial charge in [0.15, 0.2) is 5.41 Å². The molecule has 2 rings (SSSR count). The van der Waals surface area contributed by atoms with Crippen LogP contribution in [0.1, 0.15) is 19.8 Å². The van der Waals surface area contributed by atoms with Crippen molar-refractivity contribution in [3.63, 3.8) is 0 Å². The predicted octanol–water partition coefficient (Wildman–Crippen LogP) is 3.05. The van der Waals surface area contributed by atoms with E-state index in [4.69, 9.17) is 9.47 Å². The van der Waals surface area contributed by atoms with Crippen LogP contribution < -0.4 is 10.1 Å². The van der Waals surface area contributed by atoms with E-state index in [9.17, 15) is 9.59 Å². The molecule has 1 aromatic rings. The summed E-state index contributed by atoms with van der Waals surface area (Å²) in [4.78, 5) is 27.0. The molecule has 6 heteroatoms. The standard InChI is InChI=1S/C21H33NO4Si/c1-15-12-21(19(23)25-4,20(24)26-5)13-16(15)14-27(6,7)18-10-8-17(9-11-18)22(2)3/h8-11,15-16H,12-14H2,1-7H3/t15-,16+/m0/s1. The first-order valence-corrected chi connectivity index (χ1v) is 12.7. The molecule has 0 aliphatic heterocycles. The Bertz CT molecular complexity index is 668. The molecule has 1 aromatic carbocycles. The first-order chi connectivity index (χ1) is 12.6. The molecule has 0 radical (unpaired) electrons. The number of ether oxygens (including phenoxy) is 2. The van der Waals surface area contributed by atoms with Gasteiger partial charge < -0.3 is 14.4 Å². The highest BCUT2D eigenvalue weighted by molar-refractivity contribution is 6.89. The number of rotatable bonds is 6. The van der Waals surface area contributed by atoms with Gasteiger partial charge >= 0.3 is 11.9 Å². The van der Waals surface area contributed by atoms with Crippen LogP contribution in [0, 0.1) is 17.3 Å². The molecular weight excluding hydrogens is 358 g/mol. The topological polar surface area (TPSA) is 55.8 Å². The summed E-state index contributed by atoms with van der Waals surface area (Å²) in [6, 6.07) is 9.82. The third kappa shape index (κ3) is 4.20. The summed E-state index contributed by atoms with van der Waals surface area (Å²) in [5, 5.41) is 1.40. The summed E-state index contributed by atoms with van der Waals surface area (Å²) in [5.41, 5.74) is 0.0421. The maximum absolute atomic E-state index is 12.4. The number of hydrogen-bond donors (Lipinski definition) is 0. The number of hydrogen-bond acceptors (Lipinski definition) is 5. The fourth-order valence-corrected chi connectivity index (χ4v) is 7.68. The number of benzene rings is 1. The van der Waals surface area contributed by atoms with Crippen LogP contribution >= 0.6 is 0 Å². The Morgan fingerprint density at radius 3 is 2.04 bits per heavy atom. The molecular formula is C21H33NO4Si. The zero-order chi connectivity index (χ0) is 20.4. The molecule has 1 saturated carbocycles. The van der Waals surface area contributed by atoms with Crippen molar-refractivity contribution in [2.45, 2.75) is 38.9 Å². The first kappa shape index (κ1) is 21.5. The van der Waals surface area contributed by atoms with Crippen LogP contribution in [0.15, 0.2) is 24.3 Å². The number of esters is 2. The van der Waals surface area contributed by atoms with Crippen LogP contribution in [0.5, 0.6) is 0 Å². The van der Waals surface area contributed by atoms with Gasteiger partial charge in [-0.05, 0) is 36.8 Å². The number of carbonyl (C=O) groups is 2. The van der Waals surface area contributed by atoms with Crippen molar-refractivity contribution in [1.29, 1.82) is 0 Å². The number of nitrogens with zero attached hydrogens (tertiary/aromatic N) is 1. The summed E-state index contributed by atoms with van der Waals surface area (Å²) in [5.74, 6) is -0.341. The molecule has 0 saturated heterocycles. The van der Waals surface area contributed by atoms with Gasteiger partial charge in [0, 0.05) is 19.8 Å². The molecule has 0 bridgehead atoms. The summed E-state index contributed by atoms with van der Waals surface area (Å²) in [6.45, 7) is 6.86. The molecule has 0 unspecified atom stereocenters. The van der Waals surface area contributed by atoms with Gasteiger partial charge in [-0.25, -0.2) is 0 Å². The van der Waals surface area contributed by atoms with Crippen LogP contribution in [0.2, 0.25) is 19.1 Å². The van der Waals surface area contributed by atoms with Crippen LogP contribution in [0.4, 0.5) is 5.69 Å². The van der Waals surface area contributed by atoms with Gasteiger partial charge in [-0.15, -0.1) is 0 Å². The Balaban J connectivity index is 2.22. The highest BCUT2D eigenvalue weighted by atomic mass is 28.3. The van der Waals surface area contributed by atoms with Crippen molar-refractivity contribution < 1.29 is 19.1 Å². The Kier molecular flexibility index (Phi) is 6.40. The molecule has 27 heavy (non-hydrogen) atoms. The summed E-state index contributed by atoms with van der Waals surface area (Å²) in [6.07, 6.45) is 1.01. The quantitative estimate of drug-likeness (QED) is 0.424. The van der Waals surface area contributed by atoms with Gasteiger partial charge in [0.2, 0.25) is 0 Å². The third-order valence-corrected chi connectivity index (χ3v) is 9.62. The lowest BCUT2D eigenvalue weighted by Crippen LogP contribution is -2.44. The monoisotopic (exact) mass is 391 g/mol. The molecule has 5 nitrogen and oxygen atoms in total. The maximum Gasteiger partial charge on any atom is 0.323 e. The maximum atomic E-state index is 12.4. The second kappa shape index (κ2) is 8.05. The van der Waals surface area contributed by atoms with E-state index in [-0.39, 0.29) is 5.92 Å². The zero-order valence-corrected chi connectivity index (χ0v) is 18.7. The summed E-state index contributed by atoms with van der Waals surface area (Å²) < 4.78 is 9.95. The fraction of sp³-hybridized carbons (Fsp3) is 0.619. The average molecular weight is 392 g/mol. The lowest BCUT2D eigenvalue weighted by Gasteiger charge is -2.29. The Labute approximate surface area is 164 Å². The highest BCUT2D eigenvalue weighted by Crippen LogP contribution is 2.49. The Morgan fingerprint density at radius 2 is 1.59 bits per heavy atom. The number of anilines is 1. The lowest BCUT2D eigenvalue weighted by atomic mass is 9.85. The molecule has 1 aliphatic rings. The van der Waals surface area contributed by atoms with Crippen LogP contribution in [-0.2, 0) is 19.1 Å². The molecule has 0 aromatic heterocycles. The molecule has 1 fully saturated rings. The van der Waals surface area contributed by atoms with Crippen molar-refractivity contribution in [3.8, 4) is 0 Å². The normalized spacial score (nSPS) is 21.6. The average Bonchev–Trinajstić information content (AvgIpc) is 2.97. The number of carbonyl (C=O) groups excluding carboxylic acids is 2. The fourth-order valence-electron chi connectivity index (χ4n) is 4.51. The largest absolute Gasteiger partial charge is 0.468 e. The van der Waals surface area contributed by atoms with E-state index in [1.165, 1.54) is 25.1 Å². The summed E-state index contributed by atoms with van der Waals surface area (Å²) >= 11 is 0. The minimum absolute atomic E-state index is 0.274. The van der Waals surface area contributed by atoms with Crippen LogP contribution in [-0.4, -0.2) is 48.3 Å². The van der Waals surface area contributed by atoms with Crippen molar-refractivity contribution in [3.05, 3.63) is 24.3 Å². The summed E-state index contributed by atoms with van der Waals surface area (Å²) in [7, 11) is 5.04. The second-order valence-corrected chi connectivity index (χ2v) is 13.5. The molecule has 150 valence electrons. The minimum atomic E-state index is -1.72. The molecule has 2 atom stereocenters. The van der Waals surface area contributed by atoms with Crippen molar-refractivity contribution in [2.24, 2.45) is 17.3 Å². The van der Waals surface area contributed by atoms with Gasteiger partial charge in [-0.1, -0.05) is 43.4 Å². The van der Waals surface area contributed by atoms with Crippen LogP contribution in [0.3, 0.4) is 0 Å². The Hall–Kier alpha value is -1.82. The third-order valence-electron chi connectivity index (χ3n) is 6.18. The van der Waals surface area contributed by atoms with Gasteiger partial charge in [0.25, 0.3) is 0 Å². The van der Waals surface area contributed by atoms with E-state index in [1.54, 1.807) is 0 Å². The first-order valence-electron chi connectivity index (χ1n) is 9.52. The van der Waals surface area contributed by atoms with Crippen LogP contribution in [0.25, 0.3) is 0 Å². The van der Waals surface area contributed by atoms with Gasteiger partial charge in [-0.3, -0.25) is 9.59 Å². The molecule has 0 heterocycles. The van der Waals surface area contributed by atoms with E-state index < -0.39 is 25.4 Å². The second-order valence-electron chi connectivity index (χ2n) is 8.74. The lowest BCUT2D eigenvalue weighted by molar-refractivity contribution is -0.169. The highest BCUT2D eigenvalue weighted by Gasteiger charge is 2.56. The van der Waals surface area contributed by atoms with E-state index >= 15 is 0 Å². The molecule has 0 N–H and O–H groups in total. The van der Waals surface area contributed by atoms with Gasteiger partial charge in [-0.2, -0.15) is 0 Å². The SMILES string of the molecule is COC(=O)C1(C(=O)OC)C[C@H](C[Si](C)(C)c2ccc(N(C)C)cc2)[C@@H](C)C1. The van der Waals surface area contributed by atoms with E-state index in [2.05, 4.69) is 49.2 Å². The van der Waals surface area contributed by atoms with E-state index in [1.807, 2.05) is 14.1 Å². The predicted molar refractivity (Wildman–Crippen MR) is 111 cm³/mol. The number of methoxy groups -OCH3 is 2.